The Balaban J connectivity index is 1.55. The molecule has 2 aliphatic heterocycles. The fourth-order valence-electron chi connectivity index (χ4n) is 4.19. The Morgan fingerprint density at radius 3 is 2.66 bits per heavy atom. The molecule has 6 heteroatoms. The zero-order valence-corrected chi connectivity index (χ0v) is 18.4. The van der Waals surface area contributed by atoms with Gasteiger partial charge in [0.15, 0.2) is 5.78 Å². The number of pyridine rings is 1. The summed E-state index contributed by atoms with van der Waals surface area (Å²) >= 11 is 1.77. The number of piperazine rings is 1. The van der Waals surface area contributed by atoms with Gasteiger partial charge in [0.25, 0.3) is 0 Å². The molecule has 5 nitrogen and oxygen atoms in total. The molecule has 4 heterocycles. The maximum absolute atomic E-state index is 13.1. The summed E-state index contributed by atoms with van der Waals surface area (Å²) in [5.41, 5.74) is 1.36. The summed E-state index contributed by atoms with van der Waals surface area (Å²) in [7, 11) is 2.16. The molecule has 29 heavy (non-hydrogen) atoms. The summed E-state index contributed by atoms with van der Waals surface area (Å²) in [5.74, 6) is 1.25. The Kier molecular flexibility index (Phi) is 5.86. The fourth-order valence-corrected chi connectivity index (χ4v) is 4.94. The standard InChI is InChI=1S/C23H30N4OS/c1-23(2)17-26(16-20-7-5-13-29-20)15-18(22(23)28)14-19-6-4-8-21(24-19)27-11-9-25(3)10-12-27/h4-8,13-14H,9-12,15-17H2,1-3H3. The molecule has 0 N–H and O–H groups in total. The van der Waals surface area contributed by atoms with Crippen molar-refractivity contribution in [2.24, 2.45) is 5.41 Å². The lowest BCUT2D eigenvalue weighted by Crippen LogP contribution is -2.47. The first-order chi connectivity index (χ1) is 13.9. The average molecular weight is 411 g/mol. The van der Waals surface area contributed by atoms with E-state index in [0.717, 1.165) is 56.4 Å². The first-order valence-electron chi connectivity index (χ1n) is 10.3. The van der Waals surface area contributed by atoms with Crippen molar-refractivity contribution < 1.29 is 4.79 Å². The summed E-state index contributed by atoms with van der Waals surface area (Å²) < 4.78 is 0. The molecule has 2 saturated heterocycles. The Hall–Kier alpha value is -2.02. The number of Topliss-reactive ketones (excluding diaryl/α,β-unsaturated/α-hetero) is 1. The van der Waals surface area contributed by atoms with Crippen molar-refractivity contribution in [3.05, 3.63) is 51.9 Å². The summed E-state index contributed by atoms with van der Waals surface area (Å²) in [4.78, 5) is 26.3. The highest BCUT2D eigenvalue weighted by molar-refractivity contribution is 7.09. The van der Waals surface area contributed by atoms with Gasteiger partial charge in [0.2, 0.25) is 0 Å². The molecule has 0 saturated carbocycles. The Morgan fingerprint density at radius 2 is 1.93 bits per heavy atom. The van der Waals surface area contributed by atoms with Gasteiger partial charge in [-0.15, -0.1) is 11.3 Å². The first kappa shape index (κ1) is 20.3. The van der Waals surface area contributed by atoms with Gasteiger partial charge >= 0.3 is 0 Å². The van der Waals surface area contributed by atoms with E-state index >= 15 is 0 Å². The van der Waals surface area contributed by atoms with Crippen LogP contribution in [0.4, 0.5) is 5.82 Å². The van der Waals surface area contributed by atoms with E-state index in [0.29, 0.717) is 6.54 Å². The second-order valence-electron chi connectivity index (χ2n) is 8.82. The van der Waals surface area contributed by atoms with Crippen LogP contribution < -0.4 is 4.90 Å². The van der Waals surface area contributed by atoms with Crippen LogP contribution >= 0.6 is 11.3 Å². The van der Waals surface area contributed by atoms with E-state index in [9.17, 15) is 4.79 Å². The second kappa shape index (κ2) is 8.38. The summed E-state index contributed by atoms with van der Waals surface area (Å²) in [6, 6.07) is 10.4. The van der Waals surface area contributed by atoms with E-state index in [1.807, 2.05) is 12.1 Å². The summed E-state index contributed by atoms with van der Waals surface area (Å²) in [5, 5.41) is 2.11. The Bertz CT molecular complexity index is 882. The Labute approximate surface area is 177 Å². The lowest BCUT2D eigenvalue weighted by Gasteiger charge is -2.38. The van der Waals surface area contributed by atoms with Crippen LogP contribution in [0.25, 0.3) is 6.08 Å². The molecule has 0 unspecified atom stereocenters. The number of nitrogens with zero attached hydrogens (tertiary/aromatic N) is 4. The van der Waals surface area contributed by atoms with Crippen molar-refractivity contribution in [1.29, 1.82) is 0 Å². The minimum atomic E-state index is -0.379. The molecule has 2 fully saturated rings. The smallest absolute Gasteiger partial charge is 0.167 e. The summed E-state index contributed by atoms with van der Waals surface area (Å²) in [6.07, 6.45) is 2.00. The molecule has 4 rings (SSSR count). The molecule has 0 aromatic carbocycles. The highest BCUT2D eigenvalue weighted by Crippen LogP contribution is 2.31. The molecule has 154 valence electrons. The third-order valence-electron chi connectivity index (χ3n) is 5.78. The highest BCUT2D eigenvalue weighted by Gasteiger charge is 2.37. The topological polar surface area (TPSA) is 39.7 Å². The summed E-state index contributed by atoms with van der Waals surface area (Å²) in [6.45, 7) is 10.6. The van der Waals surface area contributed by atoms with Gasteiger partial charge in [0.05, 0.1) is 5.69 Å². The molecule has 0 spiro atoms. The van der Waals surface area contributed by atoms with E-state index in [-0.39, 0.29) is 11.2 Å². The van der Waals surface area contributed by atoms with E-state index < -0.39 is 0 Å². The molecule has 0 atom stereocenters. The number of likely N-dealkylation sites (N-methyl/N-ethyl adjacent to an activating group) is 1. The molecule has 2 aromatic rings. The molecule has 2 aliphatic rings. The second-order valence-corrected chi connectivity index (χ2v) is 9.85. The SMILES string of the molecule is CN1CCN(c2cccc(C=C3CN(Cc4cccs4)CC(C)(C)C3=O)n2)CC1. The van der Waals surface area contributed by atoms with Gasteiger partial charge in [-0.25, -0.2) is 4.98 Å². The van der Waals surface area contributed by atoms with E-state index in [4.69, 9.17) is 4.98 Å². The molecule has 0 bridgehead atoms. The number of piperidine rings is 1. The van der Waals surface area contributed by atoms with Crippen molar-refractivity contribution >= 4 is 29.0 Å². The van der Waals surface area contributed by atoms with Crippen molar-refractivity contribution in [1.82, 2.24) is 14.8 Å². The van der Waals surface area contributed by atoms with Crippen LogP contribution in [0.3, 0.4) is 0 Å². The lowest BCUT2D eigenvalue weighted by molar-refractivity contribution is -0.126. The maximum atomic E-state index is 13.1. The van der Waals surface area contributed by atoms with Crippen LogP contribution in [0, 0.1) is 5.41 Å². The molecule has 0 amide bonds. The number of hydrogen-bond acceptors (Lipinski definition) is 6. The largest absolute Gasteiger partial charge is 0.354 e. The van der Waals surface area contributed by atoms with Crippen molar-refractivity contribution in [3.8, 4) is 0 Å². The third kappa shape index (κ3) is 4.77. The van der Waals surface area contributed by atoms with Crippen LogP contribution in [0.5, 0.6) is 0 Å². The van der Waals surface area contributed by atoms with Gasteiger partial charge in [-0.2, -0.15) is 0 Å². The van der Waals surface area contributed by atoms with E-state index in [1.54, 1.807) is 11.3 Å². The number of rotatable bonds is 4. The number of carbonyl (C=O) groups excluding carboxylic acids is 1. The fraction of sp³-hybridized carbons (Fsp3) is 0.478. The highest BCUT2D eigenvalue weighted by atomic mass is 32.1. The van der Waals surface area contributed by atoms with Crippen LogP contribution in [0.1, 0.15) is 24.4 Å². The number of aromatic nitrogens is 1. The minimum absolute atomic E-state index is 0.242. The third-order valence-corrected chi connectivity index (χ3v) is 6.65. The van der Waals surface area contributed by atoms with Gasteiger partial charge in [0.1, 0.15) is 5.82 Å². The zero-order chi connectivity index (χ0) is 20.4. The van der Waals surface area contributed by atoms with Gasteiger partial charge < -0.3 is 9.80 Å². The van der Waals surface area contributed by atoms with Gasteiger partial charge in [0, 0.05) is 61.7 Å². The normalized spacial score (nSPS) is 22.4. The predicted molar refractivity (Wildman–Crippen MR) is 120 cm³/mol. The number of thiophene rings is 1. The molecule has 0 radical (unpaired) electrons. The molecule has 2 aromatic heterocycles. The van der Waals surface area contributed by atoms with Gasteiger partial charge in [-0.1, -0.05) is 26.0 Å². The minimum Gasteiger partial charge on any atom is -0.354 e. The zero-order valence-electron chi connectivity index (χ0n) is 17.6. The first-order valence-corrected chi connectivity index (χ1v) is 11.2. The number of hydrogen-bond donors (Lipinski definition) is 0. The predicted octanol–water partition coefficient (Wildman–Crippen LogP) is 3.39. The maximum Gasteiger partial charge on any atom is 0.167 e. The van der Waals surface area contributed by atoms with Crippen LogP contribution in [-0.2, 0) is 11.3 Å². The number of ketones is 1. The average Bonchev–Trinajstić information content (AvgIpc) is 3.19. The van der Waals surface area contributed by atoms with Crippen LogP contribution in [0.2, 0.25) is 0 Å². The van der Waals surface area contributed by atoms with Crippen molar-refractivity contribution in [3.63, 3.8) is 0 Å². The van der Waals surface area contributed by atoms with Gasteiger partial charge in [-0.05, 0) is 36.7 Å². The van der Waals surface area contributed by atoms with E-state index in [2.05, 4.69) is 65.2 Å². The van der Waals surface area contributed by atoms with Crippen molar-refractivity contribution in [2.75, 3.05) is 51.2 Å². The van der Waals surface area contributed by atoms with Gasteiger partial charge in [-0.3, -0.25) is 9.69 Å². The van der Waals surface area contributed by atoms with Crippen LogP contribution in [-0.4, -0.2) is 66.9 Å². The molecular formula is C23H30N4OS. The van der Waals surface area contributed by atoms with Crippen molar-refractivity contribution in [2.45, 2.75) is 20.4 Å². The Morgan fingerprint density at radius 1 is 1.14 bits per heavy atom. The molecule has 0 aliphatic carbocycles. The quantitative estimate of drug-likeness (QED) is 0.723. The monoisotopic (exact) mass is 410 g/mol. The molecular weight excluding hydrogens is 380 g/mol. The number of likely N-dealkylation sites (tertiary alicyclic amines) is 1. The number of anilines is 1. The lowest BCUT2D eigenvalue weighted by atomic mass is 9.79. The number of carbonyl (C=O) groups is 1. The van der Waals surface area contributed by atoms with Crippen LogP contribution in [0.15, 0.2) is 41.3 Å². The van der Waals surface area contributed by atoms with E-state index in [1.165, 1.54) is 4.88 Å².